The first-order valence-electron chi connectivity index (χ1n) is 9.00. The molecule has 1 saturated heterocycles. The van der Waals surface area contributed by atoms with E-state index >= 15 is 0 Å². The van der Waals surface area contributed by atoms with Crippen molar-refractivity contribution in [1.29, 1.82) is 0 Å². The number of aromatic nitrogens is 1. The maximum Gasteiger partial charge on any atom is 0.138 e. The molecule has 0 aliphatic carbocycles. The highest BCUT2D eigenvalue weighted by Gasteiger charge is 2.27. The van der Waals surface area contributed by atoms with Gasteiger partial charge >= 0.3 is 0 Å². The second-order valence-corrected chi connectivity index (χ2v) is 6.55. The summed E-state index contributed by atoms with van der Waals surface area (Å²) in [5, 5.41) is 0. The van der Waals surface area contributed by atoms with Crippen LogP contribution in [0.1, 0.15) is 29.8 Å². The van der Waals surface area contributed by atoms with Crippen molar-refractivity contribution in [2.45, 2.75) is 26.1 Å². The van der Waals surface area contributed by atoms with E-state index in [1.807, 2.05) is 0 Å². The van der Waals surface area contributed by atoms with Crippen molar-refractivity contribution < 1.29 is 4.74 Å². The van der Waals surface area contributed by atoms with Crippen molar-refractivity contribution in [3.8, 4) is 5.69 Å². The number of ether oxygens (including phenoxy) is 1. The number of nitrogens with zero attached hydrogens (tertiary/aromatic N) is 2. The lowest BCUT2D eigenvalue weighted by molar-refractivity contribution is 0.0288. The molecule has 0 saturated carbocycles. The molecular weight excluding hydrogens is 308 g/mol. The third-order valence-corrected chi connectivity index (χ3v) is 4.86. The highest BCUT2D eigenvalue weighted by Crippen LogP contribution is 2.29. The fraction of sp³-hybridized carbons (Fsp3) is 0.273. The summed E-state index contributed by atoms with van der Waals surface area (Å²) < 4.78 is 8.20. The van der Waals surface area contributed by atoms with Gasteiger partial charge < -0.3 is 9.30 Å². The second-order valence-electron chi connectivity index (χ2n) is 6.55. The van der Waals surface area contributed by atoms with Gasteiger partial charge in [-0.1, -0.05) is 49.4 Å². The van der Waals surface area contributed by atoms with Crippen molar-refractivity contribution in [1.82, 2.24) is 9.47 Å². The first kappa shape index (κ1) is 16.1. The smallest absolute Gasteiger partial charge is 0.138 e. The number of hydrogen-bond acceptors (Lipinski definition) is 2. The van der Waals surface area contributed by atoms with Crippen molar-refractivity contribution in [2.75, 3.05) is 13.2 Å². The van der Waals surface area contributed by atoms with Crippen molar-refractivity contribution in [3.05, 3.63) is 89.7 Å². The van der Waals surface area contributed by atoms with Gasteiger partial charge in [0.05, 0.1) is 6.61 Å². The van der Waals surface area contributed by atoms with E-state index in [0.29, 0.717) is 0 Å². The molecule has 0 amide bonds. The average molecular weight is 332 g/mol. The molecule has 1 aliphatic heterocycles. The van der Waals surface area contributed by atoms with Crippen molar-refractivity contribution in [3.63, 3.8) is 0 Å². The standard InChI is InChI=1S/C22H24N2O/c1-2-18-8-10-21(11-9-18)23-13-12-20(17-23)22-24(14-15-25-22)16-19-6-4-3-5-7-19/h3-13,17,22H,2,14-16H2,1H3. The monoisotopic (exact) mass is 332 g/mol. The van der Waals surface area contributed by atoms with Gasteiger partial charge in [-0.15, -0.1) is 0 Å². The van der Waals surface area contributed by atoms with Crippen LogP contribution in [0.5, 0.6) is 0 Å². The molecule has 2 heterocycles. The Morgan fingerprint density at radius 2 is 1.76 bits per heavy atom. The largest absolute Gasteiger partial charge is 0.357 e. The van der Waals surface area contributed by atoms with Crippen LogP contribution in [0.4, 0.5) is 0 Å². The molecule has 1 aliphatic rings. The zero-order valence-corrected chi connectivity index (χ0v) is 14.6. The normalized spacial score (nSPS) is 17.9. The molecule has 4 rings (SSSR count). The molecule has 1 atom stereocenters. The highest BCUT2D eigenvalue weighted by atomic mass is 16.5. The summed E-state index contributed by atoms with van der Waals surface area (Å²) in [6, 6.07) is 21.5. The van der Waals surface area contributed by atoms with E-state index in [9.17, 15) is 0 Å². The molecule has 25 heavy (non-hydrogen) atoms. The van der Waals surface area contributed by atoms with Gasteiger partial charge in [-0.2, -0.15) is 0 Å². The molecular formula is C22H24N2O. The van der Waals surface area contributed by atoms with E-state index in [-0.39, 0.29) is 6.23 Å². The van der Waals surface area contributed by atoms with Crippen LogP contribution in [0.2, 0.25) is 0 Å². The van der Waals surface area contributed by atoms with Crippen LogP contribution in [0.3, 0.4) is 0 Å². The molecule has 2 aromatic carbocycles. The zero-order valence-electron chi connectivity index (χ0n) is 14.6. The Labute approximate surface area is 149 Å². The number of aryl methyl sites for hydroxylation is 1. The van der Waals surface area contributed by atoms with E-state index in [0.717, 1.165) is 26.1 Å². The van der Waals surface area contributed by atoms with Gasteiger partial charge in [0.15, 0.2) is 0 Å². The highest BCUT2D eigenvalue weighted by molar-refractivity contribution is 5.36. The molecule has 128 valence electrons. The first-order valence-corrected chi connectivity index (χ1v) is 9.00. The minimum Gasteiger partial charge on any atom is -0.357 e. The van der Waals surface area contributed by atoms with Crippen LogP contribution in [0.15, 0.2) is 73.1 Å². The molecule has 1 fully saturated rings. The lowest BCUT2D eigenvalue weighted by atomic mass is 10.1. The molecule has 3 nitrogen and oxygen atoms in total. The second kappa shape index (κ2) is 7.26. The minimum atomic E-state index is 0.0383. The van der Waals surface area contributed by atoms with E-state index < -0.39 is 0 Å². The zero-order chi connectivity index (χ0) is 17.1. The lowest BCUT2D eigenvalue weighted by Gasteiger charge is -2.22. The molecule has 0 spiro atoms. The van der Waals surface area contributed by atoms with Gasteiger partial charge in [0.1, 0.15) is 6.23 Å². The van der Waals surface area contributed by atoms with Crippen LogP contribution < -0.4 is 0 Å². The molecule has 3 heteroatoms. The lowest BCUT2D eigenvalue weighted by Crippen LogP contribution is -2.23. The van der Waals surface area contributed by atoms with E-state index in [1.54, 1.807) is 0 Å². The van der Waals surface area contributed by atoms with Crippen LogP contribution in [0.25, 0.3) is 5.69 Å². The minimum absolute atomic E-state index is 0.0383. The molecule has 3 aromatic rings. The van der Waals surface area contributed by atoms with Crippen molar-refractivity contribution in [2.24, 2.45) is 0 Å². The Balaban J connectivity index is 1.52. The topological polar surface area (TPSA) is 17.4 Å². The van der Waals surface area contributed by atoms with E-state index in [4.69, 9.17) is 4.74 Å². The third-order valence-electron chi connectivity index (χ3n) is 4.86. The summed E-state index contributed by atoms with van der Waals surface area (Å²) in [5.41, 5.74) is 5.10. The summed E-state index contributed by atoms with van der Waals surface area (Å²) in [7, 11) is 0. The van der Waals surface area contributed by atoms with E-state index in [2.05, 4.69) is 89.4 Å². The van der Waals surface area contributed by atoms with Crippen LogP contribution in [0, 0.1) is 0 Å². The van der Waals surface area contributed by atoms with Crippen molar-refractivity contribution >= 4 is 0 Å². The van der Waals surface area contributed by atoms with Crippen LogP contribution >= 0.6 is 0 Å². The Kier molecular flexibility index (Phi) is 4.68. The molecule has 1 aromatic heterocycles. The van der Waals surface area contributed by atoms with Gasteiger partial charge in [-0.25, -0.2) is 0 Å². The fourth-order valence-electron chi connectivity index (χ4n) is 3.41. The molecule has 1 unspecified atom stereocenters. The maximum absolute atomic E-state index is 6.02. The number of hydrogen-bond donors (Lipinski definition) is 0. The molecule has 0 N–H and O–H groups in total. The van der Waals surface area contributed by atoms with E-state index in [1.165, 1.54) is 22.4 Å². The Morgan fingerprint density at radius 3 is 2.52 bits per heavy atom. The molecule has 0 bridgehead atoms. The Morgan fingerprint density at radius 1 is 0.960 bits per heavy atom. The quantitative estimate of drug-likeness (QED) is 0.681. The Bertz CT molecular complexity index is 808. The first-order chi connectivity index (χ1) is 12.3. The summed E-state index contributed by atoms with van der Waals surface area (Å²) >= 11 is 0. The molecule has 0 radical (unpaired) electrons. The summed E-state index contributed by atoms with van der Waals surface area (Å²) in [6.45, 7) is 4.85. The van der Waals surface area contributed by atoms with Gasteiger partial charge in [0.25, 0.3) is 0 Å². The SMILES string of the molecule is CCc1ccc(-n2ccc(C3OCCN3Cc3ccccc3)c2)cc1. The van der Waals surface area contributed by atoms with Gasteiger partial charge in [0.2, 0.25) is 0 Å². The summed E-state index contributed by atoms with van der Waals surface area (Å²) in [6.07, 6.45) is 5.42. The van der Waals surface area contributed by atoms with Gasteiger partial charge in [0, 0.05) is 36.7 Å². The summed E-state index contributed by atoms with van der Waals surface area (Å²) in [5.74, 6) is 0. The summed E-state index contributed by atoms with van der Waals surface area (Å²) in [4.78, 5) is 2.40. The Hall–Kier alpha value is -2.36. The number of benzene rings is 2. The van der Waals surface area contributed by atoms with Crippen LogP contribution in [-0.4, -0.2) is 22.6 Å². The van der Waals surface area contributed by atoms with Gasteiger partial charge in [-0.3, -0.25) is 4.90 Å². The maximum atomic E-state index is 6.02. The predicted octanol–water partition coefficient (Wildman–Crippen LogP) is 4.57. The fourth-order valence-corrected chi connectivity index (χ4v) is 3.41. The predicted molar refractivity (Wildman–Crippen MR) is 101 cm³/mol. The van der Waals surface area contributed by atoms with Crippen LogP contribution in [-0.2, 0) is 17.7 Å². The number of rotatable bonds is 5. The third kappa shape index (κ3) is 3.53. The van der Waals surface area contributed by atoms with Gasteiger partial charge in [-0.05, 0) is 35.7 Å². The average Bonchev–Trinajstić information content (AvgIpc) is 3.32.